The molecule has 0 bridgehead atoms. The highest BCUT2D eigenvalue weighted by Crippen LogP contribution is 2.26. The van der Waals surface area contributed by atoms with Gasteiger partial charge in [0.25, 0.3) is 0 Å². The maximum absolute atomic E-state index is 11.1. The van der Waals surface area contributed by atoms with E-state index in [9.17, 15) is 9.59 Å². The number of piperazine rings is 1. The first-order chi connectivity index (χ1) is 7.16. The average molecular weight is 209 g/mol. The first-order valence-corrected chi connectivity index (χ1v) is 5.33. The summed E-state index contributed by atoms with van der Waals surface area (Å²) in [7, 11) is 0. The van der Waals surface area contributed by atoms with Crippen LogP contribution in [0.4, 0.5) is 0 Å². The maximum Gasteiger partial charge on any atom is 0.246 e. The second-order valence-electron chi connectivity index (χ2n) is 4.19. The van der Waals surface area contributed by atoms with Crippen LogP contribution in [0.1, 0.15) is 25.7 Å². The molecule has 1 saturated carbocycles. The Kier molecular flexibility index (Phi) is 2.70. The Morgan fingerprint density at radius 1 is 1.20 bits per heavy atom. The zero-order valence-electron chi connectivity index (χ0n) is 8.58. The predicted molar refractivity (Wildman–Crippen MR) is 54.4 cm³/mol. The van der Waals surface area contributed by atoms with Crippen LogP contribution in [0.25, 0.3) is 0 Å². The summed E-state index contributed by atoms with van der Waals surface area (Å²) in [6.07, 6.45) is 4.35. The summed E-state index contributed by atoms with van der Waals surface area (Å²) in [6, 6.07) is 0. The third-order valence-corrected chi connectivity index (χ3v) is 3.03. The molecule has 2 rings (SSSR count). The van der Waals surface area contributed by atoms with Gasteiger partial charge in [0.15, 0.2) is 0 Å². The van der Waals surface area contributed by atoms with Crippen molar-refractivity contribution >= 4 is 17.6 Å². The SMILES string of the molecule is N=C(C1CCCC1)N1CC(=O)NC(=O)C1. The molecule has 82 valence electrons. The maximum atomic E-state index is 11.1. The smallest absolute Gasteiger partial charge is 0.246 e. The standard InChI is InChI=1S/C10H15N3O2/c11-10(7-3-1-2-4-7)13-5-8(14)12-9(15)6-13/h7,11H,1-6H2,(H,12,14,15). The van der Waals surface area contributed by atoms with Crippen molar-refractivity contribution in [2.75, 3.05) is 13.1 Å². The van der Waals surface area contributed by atoms with Crippen molar-refractivity contribution < 1.29 is 9.59 Å². The van der Waals surface area contributed by atoms with E-state index in [1.54, 1.807) is 4.90 Å². The third-order valence-electron chi connectivity index (χ3n) is 3.03. The van der Waals surface area contributed by atoms with E-state index in [-0.39, 0.29) is 30.8 Å². The lowest BCUT2D eigenvalue weighted by atomic mass is 10.1. The molecule has 2 N–H and O–H groups in total. The number of carbonyl (C=O) groups excluding carboxylic acids is 2. The molecule has 1 aliphatic carbocycles. The number of hydrogen-bond acceptors (Lipinski definition) is 3. The summed E-state index contributed by atoms with van der Waals surface area (Å²) in [5.74, 6) is 0.127. The van der Waals surface area contributed by atoms with Crippen LogP contribution in [0.15, 0.2) is 0 Å². The molecule has 2 amide bonds. The Bertz CT molecular complexity index is 292. The van der Waals surface area contributed by atoms with Crippen LogP contribution in [0, 0.1) is 11.3 Å². The van der Waals surface area contributed by atoms with Crippen molar-refractivity contribution in [1.82, 2.24) is 10.2 Å². The summed E-state index contributed by atoms with van der Waals surface area (Å²) in [6.45, 7) is 0.308. The fraction of sp³-hybridized carbons (Fsp3) is 0.700. The molecule has 0 radical (unpaired) electrons. The van der Waals surface area contributed by atoms with Crippen molar-refractivity contribution in [2.24, 2.45) is 5.92 Å². The summed E-state index contributed by atoms with van der Waals surface area (Å²) in [4.78, 5) is 23.9. The molecule has 1 aliphatic heterocycles. The summed E-state index contributed by atoms with van der Waals surface area (Å²) in [5, 5.41) is 10.2. The Labute approximate surface area is 88.3 Å². The molecule has 15 heavy (non-hydrogen) atoms. The number of rotatable bonds is 1. The van der Waals surface area contributed by atoms with Gasteiger partial charge in [-0.2, -0.15) is 0 Å². The molecular weight excluding hydrogens is 194 g/mol. The fourth-order valence-electron chi connectivity index (χ4n) is 2.26. The molecule has 2 fully saturated rings. The van der Waals surface area contributed by atoms with Gasteiger partial charge in [-0.3, -0.25) is 20.3 Å². The van der Waals surface area contributed by atoms with Gasteiger partial charge in [0, 0.05) is 5.92 Å². The second-order valence-corrected chi connectivity index (χ2v) is 4.19. The highest BCUT2D eigenvalue weighted by molar-refractivity contribution is 6.03. The van der Waals surface area contributed by atoms with Gasteiger partial charge in [-0.05, 0) is 12.8 Å². The van der Waals surface area contributed by atoms with Gasteiger partial charge >= 0.3 is 0 Å². The van der Waals surface area contributed by atoms with E-state index < -0.39 is 0 Å². The third kappa shape index (κ3) is 2.16. The second kappa shape index (κ2) is 4.00. The minimum Gasteiger partial charge on any atom is -0.342 e. The molecule has 1 heterocycles. The van der Waals surface area contributed by atoms with Gasteiger partial charge in [-0.25, -0.2) is 0 Å². The van der Waals surface area contributed by atoms with E-state index in [1.165, 1.54) is 0 Å². The quantitative estimate of drug-likeness (QED) is 0.366. The molecular formula is C10H15N3O2. The minimum atomic E-state index is -0.297. The molecule has 0 aromatic rings. The van der Waals surface area contributed by atoms with Gasteiger partial charge in [0.1, 0.15) is 0 Å². The van der Waals surface area contributed by atoms with E-state index in [4.69, 9.17) is 5.41 Å². The number of imide groups is 1. The lowest BCUT2D eigenvalue weighted by Crippen LogP contribution is -2.54. The summed E-state index contributed by atoms with van der Waals surface area (Å²) >= 11 is 0. The first kappa shape index (κ1) is 10.1. The largest absolute Gasteiger partial charge is 0.342 e. The highest BCUT2D eigenvalue weighted by Gasteiger charge is 2.29. The van der Waals surface area contributed by atoms with Gasteiger partial charge < -0.3 is 4.90 Å². The van der Waals surface area contributed by atoms with Crippen LogP contribution in [-0.2, 0) is 9.59 Å². The van der Waals surface area contributed by atoms with Crippen molar-refractivity contribution in [2.45, 2.75) is 25.7 Å². The zero-order chi connectivity index (χ0) is 10.8. The molecule has 1 saturated heterocycles. The van der Waals surface area contributed by atoms with E-state index in [0.29, 0.717) is 5.84 Å². The number of hydrogen-bond donors (Lipinski definition) is 2. The van der Waals surface area contributed by atoms with E-state index in [2.05, 4.69) is 5.32 Å². The van der Waals surface area contributed by atoms with Crippen LogP contribution in [-0.4, -0.2) is 35.6 Å². The molecule has 0 unspecified atom stereocenters. The van der Waals surface area contributed by atoms with Gasteiger partial charge in [0.05, 0.1) is 18.9 Å². The van der Waals surface area contributed by atoms with Gasteiger partial charge in [-0.15, -0.1) is 0 Å². The van der Waals surface area contributed by atoms with Crippen molar-refractivity contribution in [3.8, 4) is 0 Å². The molecule has 5 nitrogen and oxygen atoms in total. The molecule has 0 atom stereocenters. The normalized spacial score (nSPS) is 23.1. The van der Waals surface area contributed by atoms with Crippen molar-refractivity contribution in [3.63, 3.8) is 0 Å². The summed E-state index contributed by atoms with van der Waals surface area (Å²) < 4.78 is 0. The molecule has 5 heteroatoms. The Morgan fingerprint density at radius 2 is 1.73 bits per heavy atom. The average Bonchev–Trinajstić information content (AvgIpc) is 2.67. The topological polar surface area (TPSA) is 73.3 Å². The highest BCUT2D eigenvalue weighted by atomic mass is 16.2. The Hall–Kier alpha value is -1.39. The van der Waals surface area contributed by atoms with E-state index in [0.717, 1.165) is 25.7 Å². The Morgan fingerprint density at radius 3 is 2.27 bits per heavy atom. The van der Waals surface area contributed by atoms with Crippen LogP contribution < -0.4 is 5.32 Å². The minimum absolute atomic E-state index is 0.154. The summed E-state index contributed by atoms with van der Waals surface area (Å²) in [5.41, 5.74) is 0. The fourth-order valence-corrected chi connectivity index (χ4v) is 2.26. The van der Waals surface area contributed by atoms with Crippen LogP contribution in [0.5, 0.6) is 0 Å². The molecule has 0 spiro atoms. The first-order valence-electron chi connectivity index (χ1n) is 5.33. The lowest BCUT2D eigenvalue weighted by Gasteiger charge is -2.30. The van der Waals surface area contributed by atoms with Gasteiger partial charge in [0.2, 0.25) is 11.8 Å². The number of carbonyl (C=O) groups is 2. The monoisotopic (exact) mass is 209 g/mol. The van der Waals surface area contributed by atoms with E-state index >= 15 is 0 Å². The van der Waals surface area contributed by atoms with Crippen molar-refractivity contribution in [1.29, 1.82) is 5.41 Å². The predicted octanol–water partition coefficient (Wildman–Crippen LogP) is 0.112. The zero-order valence-corrected chi connectivity index (χ0v) is 8.58. The molecule has 0 aromatic heterocycles. The number of nitrogens with zero attached hydrogens (tertiary/aromatic N) is 1. The molecule has 2 aliphatic rings. The van der Waals surface area contributed by atoms with Crippen LogP contribution >= 0.6 is 0 Å². The lowest BCUT2D eigenvalue weighted by molar-refractivity contribution is -0.134. The number of amidine groups is 1. The number of amides is 2. The van der Waals surface area contributed by atoms with E-state index in [1.807, 2.05) is 0 Å². The van der Waals surface area contributed by atoms with Gasteiger partial charge in [-0.1, -0.05) is 12.8 Å². The van der Waals surface area contributed by atoms with Crippen molar-refractivity contribution in [3.05, 3.63) is 0 Å². The number of nitrogens with one attached hydrogen (secondary N) is 2. The van der Waals surface area contributed by atoms with Crippen LogP contribution in [0.3, 0.4) is 0 Å². The molecule has 0 aromatic carbocycles. The van der Waals surface area contributed by atoms with Crippen LogP contribution in [0.2, 0.25) is 0 Å². The Balaban J connectivity index is 1.99.